The molecule has 0 aliphatic rings. The number of hydrogen-bond donors (Lipinski definition) is 1. The molecule has 0 spiro atoms. The Balaban J connectivity index is 2.11. The van der Waals surface area contributed by atoms with Crippen LogP contribution in [0.1, 0.15) is 18.3 Å². The standard InChI is InChI=1S/C16H24N4O2S/c1-12(11-19(4)15-9-7-6-8-10-15)18-23(21,22)16-13(2)17-20(5)14(16)3/h6-10,12,18H,11H2,1-5H3/t12-/m0/s1. The van der Waals surface area contributed by atoms with Crippen LogP contribution in [0.15, 0.2) is 35.2 Å². The zero-order chi connectivity index (χ0) is 17.2. The Morgan fingerprint density at radius 1 is 1.26 bits per heavy atom. The van der Waals surface area contributed by atoms with Crippen LogP contribution in [-0.2, 0) is 17.1 Å². The highest BCUT2D eigenvalue weighted by Crippen LogP contribution is 2.19. The lowest BCUT2D eigenvalue weighted by Gasteiger charge is -2.24. The Labute approximate surface area is 138 Å². The van der Waals surface area contributed by atoms with Gasteiger partial charge < -0.3 is 4.90 Å². The lowest BCUT2D eigenvalue weighted by Crippen LogP contribution is -2.41. The molecule has 0 unspecified atom stereocenters. The summed E-state index contributed by atoms with van der Waals surface area (Å²) in [6.07, 6.45) is 0. The fraction of sp³-hybridized carbons (Fsp3) is 0.438. The van der Waals surface area contributed by atoms with E-state index in [9.17, 15) is 8.42 Å². The Morgan fingerprint density at radius 2 is 1.87 bits per heavy atom. The van der Waals surface area contributed by atoms with Gasteiger partial charge in [-0.05, 0) is 32.9 Å². The first-order chi connectivity index (χ1) is 10.7. The van der Waals surface area contributed by atoms with E-state index in [1.54, 1.807) is 25.6 Å². The molecule has 1 atom stereocenters. The van der Waals surface area contributed by atoms with E-state index in [4.69, 9.17) is 0 Å². The molecule has 0 amide bonds. The van der Waals surface area contributed by atoms with Crippen LogP contribution < -0.4 is 9.62 Å². The smallest absolute Gasteiger partial charge is 0.244 e. The average molecular weight is 336 g/mol. The first-order valence-corrected chi connectivity index (χ1v) is 8.99. The summed E-state index contributed by atoms with van der Waals surface area (Å²) in [6.45, 7) is 5.90. The normalized spacial score (nSPS) is 13.1. The maximum atomic E-state index is 12.6. The second kappa shape index (κ2) is 6.72. The molecule has 126 valence electrons. The fourth-order valence-corrected chi connectivity index (χ4v) is 4.38. The Bertz CT molecular complexity index is 769. The second-order valence-corrected chi connectivity index (χ2v) is 7.51. The van der Waals surface area contributed by atoms with Gasteiger partial charge in [-0.3, -0.25) is 4.68 Å². The van der Waals surface area contributed by atoms with Gasteiger partial charge in [0.05, 0.1) is 11.4 Å². The van der Waals surface area contributed by atoms with Crippen LogP contribution in [0, 0.1) is 13.8 Å². The molecule has 7 heteroatoms. The first-order valence-electron chi connectivity index (χ1n) is 7.51. The molecule has 2 aromatic rings. The molecule has 0 aliphatic carbocycles. The van der Waals surface area contributed by atoms with Crippen LogP contribution in [0.25, 0.3) is 0 Å². The molecule has 0 aliphatic heterocycles. The molecule has 1 heterocycles. The van der Waals surface area contributed by atoms with Crippen molar-refractivity contribution in [3.8, 4) is 0 Å². The van der Waals surface area contributed by atoms with E-state index in [0.29, 0.717) is 17.9 Å². The highest BCUT2D eigenvalue weighted by molar-refractivity contribution is 7.89. The van der Waals surface area contributed by atoms with Gasteiger partial charge in [0, 0.05) is 32.4 Å². The van der Waals surface area contributed by atoms with Gasteiger partial charge in [-0.1, -0.05) is 18.2 Å². The van der Waals surface area contributed by atoms with Gasteiger partial charge in [-0.15, -0.1) is 0 Å². The molecule has 2 rings (SSSR count). The molecule has 1 aromatic heterocycles. The maximum absolute atomic E-state index is 12.6. The summed E-state index contributed by atoms with van der Waals surface area (Å²) in [7, 11) is 0.101. The first kappa shape index (κ1) is 17.5. The fourth-order valence-electron chi connectivity index (χ4n) is 2.70. The van der Waals surface area contributed by atoms with Crippen molar-refractivity contribution >= 4 is 15.7 Å². The summed E-state index contributed by atoms with van der Waals surface area (Å²) in [5, 5.41) is 4.18. The van der Waals surface area contributed by atoms with E-state index in [-0.39, 0.29) is 10.9 Å². The molecule has 0 radical (unpaired) electrons. The topological polar surface area (TPSA) is 67.2 Å². The third-order valence-electron chi connectivity index (χ3n) is 3.81. The summed E-state index contributed by atoms with van der Waals surface area (Å²) < 4.78 is 29.6. The van der Waals surface area contributed by atoms with Crippen molar-refractivity contribution in [3.05, 3.63) is 41.7 Å². The zero-order valence-corrected chi connectivity index (χ0v) is 15.1. The summed E-state index contributed by atoms with van der Waals surface area (Å²) in [5.41, 5.74) is 2.20. The maximum Gasteiger partial charge on any atom is 0.244 e. The highest BCUT2D eigenvalue weighted by Gasteiger charge is 2.25. The van der Waals surface area contributed by atoms with Crippen molar-refractivity contribution in [1.29, 1.82) is 0 Å². The number of rotatable bonds is 6. The van der Waals surface area contributed by atoms with Crippen LogP contribution in [0.5, 0.6) is 0 Å². The lowest BCUT2D eigenvalue weighted by molar-refractivity contribution is 0.558. The second-order valence-electron chi connectivity index (χ2n) is 5.86. The minimum atomic E-state index is -3.59. The number of aromatic nitrogens is 2. The number of hydrogen-bond acceptors (Lipinski definition) is 4. The van der Waals surface area contributed by atoms with E-state index in [1.165, 1.54) is 0 Å². The number of para-hydroxylation sites is 1. The SMILES string of the molecule is Cc1nn(C)c(C)c1S(=O)(=O)N[C@@H](C)CN(C)c1ccccc1. The number of sulfonamides is 1. The number of likely N-dealkylation sites (N-methyl/N-ethyl adjacent to an activating group) is 1. The summed E-state index contributed by atoms with van der Waals surface area (Å²) in [4.78, 5) is 2.30. The van der Waals surface area contributed by atoms with Crippen LogP contribution in [0.3, 0.4) is 0 Å². The molecule has 6 nitrogen and oxygen atoms in total. The summed E-state index contributed by atoms with van der Waals surface area (Å²) in [6, 6.07) is 9.64. The molecule has 1 N–H and O–H groups in total. The van der Waals surface area contributed by atoms with Crippen LogP contribution in [-0.4, -0.2) is 37.8 Å². The van der Waals surface area contributed by atoms with Gasteiger partial charge in [0.15, 0.2) is 0 Å². The van der Waals surface area contributed by atoms with Gasteiger partial charge >= 0.3 is 0 Å². The van der Waals surface area contributed by atoms with Crippen LogP contribution in [0.4, 0.5) is 5.69 Å². The third kappa shape index (κ3) is 3.92. The lowest BCUT2D eigenvalue weighted by atomic mass is 10.2. The van der Waals surface area contributed by atoms with E-state index in [2.05, 4.69) is 9.82 Å². The zero-order valence-electron chi connectivity index (χ0n) is 14.2. The minimum absolute atomic E-state index is 0.232. The molecule has 23 heavy (non-hydrogen) atoms. The Kier molecular flexibility index (Phi) is 5.11. The van der Waals surface area contributed by atoms with Crippen LogP contribution in [0.2, 0.25) is 0 Å². The molecule has 0 fully saturated rings. The van der Waals surface area contributed by atoms with Crippen molar-refractivity contribution < 1.29 is 8.42 Å². The van der Waals surface area contributed by atoms with Crippen molar-refractivity contribution in [3.63, 3.8) is 0 Å². The number of nitrogens with one attached hydrogen (secondary N) is 1. The molecule has 0 saturated heterocycles. The molecular formula is C16H24N4O2S. The van der Waals surface area contributed by atoms with E-state index in [0.717, 1.165) is 5.69 Å². The minimum Gasteiger partial charge on any atom is -0.373 e. The van der Waals surface area contributed by atoms with Crippen molar-refractivity contribution in [1.82, 2.24) is 14.5 Å². The summed E-state index contributed by atoms with van der Waals surface area (Å²) in [5.74, 6) is 0. The van der Waals surface area contributed by atoms with E-state index >= 15 is 0 Å². The largest absolute Gasteiger partial charge is 0.373 e. The summed E-state index contributed by atoms with van der Waals surface area (Å²) >= 11 is 0. The Hall–Kier alpha value is -1.86. The predicted molar refractivity (Wildman–Crippen MR) is 92.2 cm³/mol. The number of nitrogens with zero attached hydrogens (tertiary/aromatic N) is 3. The monoisotopic (exact) mass is 336 g/mol. The van der Waals surface area contributed by atoms with Crippen molar-refractivity contribution in [2.75, 3.05) is 18.5 Å². The van der Waals surface area contributed by atoms with E-state index in [1.807, 2.05) is 49.2 Å². The number of anilines is 1. The highest BCUT2D eigenvalue weighted by atomic mass is 32.2. The van der Waals surface area contributed by atoms with Gasteiger partial charge in [0.25, 0.3) is 0 Å². The Morgan fingerprint density at radius 3 is 2.39 bits per heavy atom. The van der Waals surface area contributed by atoms with Gasteiger partial charge in [-0.25, -0.2) is 13.1 Å². The van der Waals surface area contributed by atoms with Gasteiger partial charge in [0.1, 0.15) is 4.90 Å². The third-order valence-corrected chi connectivity index (χ3v) is 5.65. The van der Waals surface area contributed by atoms with Crippen molar-refractivity contribution in [2.45, 2.75) is 31.7 Å². The van der Waals surface area contributed by atoms with E-state index < -0.39 is 10.0 Å². The van der Waals surface area contributed by atoms with Crippen LogP contribution >= 0.6 is 0 Å². The molecule has 0 bridgehead atoms. The van der Waals surface area contributed by atoms with Gasteiger partial charge in [-0.2, -0.15) is 5.10 Å². The number of benzene rings is 1. The van der Waals surface area contributed by atoms with Gasteiger partial charge in [0.2, 0.25) is 10.0 Å². The quantitative estimate of drug-likeness (QED) is 0.874. The molecule has 1 aromatic carbocycles. The van der Waals surface area contributed by atoms with Crippen molar-refractivity contribution in [2.24, 2.45) is 7.05 Å². The average Bonchev–Trinajstić information content (AvgIpc) is 2.72. The predicted octanol–water partition coefficient (Wildman–Crippen LogP) is 1.84. The number of aryl methyl sites for hydroxylation is 2. The molecule has 0 saturated carbocycles. The molecular weight excluding hydrogens is 312 g/mol.